The number of carbonyl (C=O) groups is 2. The number of rotatable bonds is 8. The molecule has 2 aliphatic rings. The lowest BCUT2D eigenvalue weighted by atomic mass is 10.1. The number of benzene rings is 1. The van der Waals surface area contributed by atoms with Crippen molar-refractivity contribution in [3.05, 3.63) is 52.9 Å². The van der Waals surface area contributed by atoms with Crippen LogP contribution in [0.3, 0.4) is 0 Å². The summed E-state index contributed by atoms with van der Waals surface area (Å²) in [6.07, 6.45) is 2.47. The van der Waals surface area contributed by atoms with Crippen LogP contribution >= 0.6 is 0 Å². The predicted octanol–water partition coefficient (Wildman–Crippen LogP) is 2.41. The van der Waals surface area contributed by atoms with Crippen LogP contribution in [0.25, 0.3) is 0 Å². The topological polar surface area (TPSA) is 93.9 Å². The van der Waals surface area contributed by atoms with Gasteiger partial charge in [-0.15, -0.1) is 0 Å². The molecular weight excluding hydrogens is 374 g/mol. The van der Waals surface area contributed by atoms with Gasteiger partial charge in [-0.25, -0.2) is 4.79 Å². The molecule has 1 N–H and O–H groups in total. The molecule has 1 aliphatic heterocycles. The van der Waals surface area contributed by atoms with E-state index in [9.17, 15) is 9.59 Å². The minimum absolute atomic E-state index is 0.109. The summed E-state index contributed by atoms with van der Waals surface area (Å²) in [7, 11) is 0. The molecule has 1 fully saturated rings. The second-order valence-corrected chi connectivity index (χ2v) is 7.47. The molecular formula is C21H25N3O5. The van der Waals surface area contributed by atoms with Gasteiger partial charge in [0.25, 0.3) is 0 Å². The second kappa shape index (κ2) is 9.09. The zero-order chi connectivity index (χ0) is 20.1. The molecule has 8 nitrogen and oxygen atoms in total. The van der Waals surface area contributed by atoms with E-state index in [-0.39, 0.29) is 19.1 Å². The monoisotopic (exact) mass is 399 g/mol. The summed E-state index contributed by atoms with van der Waals surface area (Å²) >= 11 is 0. The molecule has 8 heteroatoms. The molecule has 0 atom stereocenters. The van der Waals surface area contributed by atoms with Crippen molar-refractivity contribution in [2.24, 2.45) is 5.92 Å². The molecule has 1 aromatic heterocycles. The molecule has 0 saturated heterocycles. The highest BCUT2D eigenvalue weighted by Gasteiger charge is 2.28. The number of fused-ring (bicyclic) bond motifs is 1. The van der Waals surface area contributed by atoms with E-state index in [1.54, 1.807) is 4.90 Å². The minimum Gasteiger partial charge on any atom is -0.445 e. The molecule has 1 aliphatic carbocycles. The van der Waals surface area contributed by atoms with Crippen molar-refractivity contribution in [2.45, 2.75) is 39.0 Å². The van der Waals surface area contributed by atoms with Gasteiger partial charge in [-0.2, -0.15) is 0 Å². The number of carbonyl (C=O) groups excluding carboxylic acids is 2. The number of alkyl carbamates (subject to hydrolysis) is 1. The van der Waals surface area contributed by atoms with E-state index in [1.165, 1.54) is 12.8 Å². The number of hydrogen-bond acceptors (Lipinski definition) is 6. The lowest BCUT2D eigenvalue weighted by Crippen LogP contribution is -2.42. The maximum atomic E-state index is 12.5. The second-order valence-electron chi connectivity index (χ2n) is 7.47. The average Bonchev–Trinajstić information content (AvgIpc) is 3.49. The van der Waals surface area contributed by atoms with Gasteiger partial charge in [0.15, 0.2) is 0 Å². The lowest BCUT2D eigenvalue weighted by molar-refractivity contribution is -0.131. The van der Waals surface area contributed by atoms with E-state index in [0.29, 0.717) is 32.0 Å². The summed E-state index contributed by atoms with van der Waals surface area (Å²) in [6, 6.07) is 9.39. The molecule has 1 aromatic carbocycles. The van der Waals surface area contributed by atoms with Crippen molar-refractivity contribution in [3.63, 3.8) is 0 Å². The van der Waals surface area contributed by atoms with Crippen LogP contribution in [-0.4, -0.2) is 41.8 Å². The summed E-state index contributed by atoms with van der Waals surface area (Å²) < 4.78 is 16.2. The van der Waals surface area contributed by atoms with Gasteiger partial charge in [0.2, 0.25) is 5.91 Å². The van der Waals surface area contributed by atoms with E-state index in [1.807, 2.05) is 30.3 Å². The molecule has 0 bridgehead atoms. The third-order valence-electron chi connectivity index (χ3n) is 5.15. The first-order chi connectivity index (χ1) is 14.2. The van der Waals surface area contributed by atoms with Crippen LogP contribution in [0.1, 0.15) is 35.4 Å². The number of ether oxygens (including phenoxy) is 2. The zero-order valence-electron chi connectivity index (χ0n) is 16.3. The molecule has 2 heterocycles. The van der Waals surface area contributed by atoms with E-state index < -0.39 is 6.09 Å². The van der Waals surface area contributed by atoms with Crippen molar-refractivity contribution in [2.75, 3.05) is 19.7 Å². The number of nitrogens with zero attached hydrogens (tertiary/aromatic N) is 2. The largest absolute Gasteiger partial charge is 0.445 e. The Labute approximate surface area is 169 Å². The van der Waals surface area contributed by atoms with Gasteiger partial charge in [-0.05, 0) is 24.3 Å². The highest BCUT2D eigenvalue weighted by atomic mass is 16.5. The van der Waals surface area contributed by atoms with E-state index in [0.717, 1.165) is 29.2 Å². The van der Waals surface area contributed by atoms with Crippen LogP contribution in [-0.2, 0) is 40.4 Å². The van der Waals surface area contributed by atoms with Gasteiger partial charge in [-0.3, -0.25) is 4.79 Å². The summed E-state index contributed by atoms with van der Waals surface area (Å²) in [4.78, 5) is 26.0. The van der Waals surface area contributed by atoms with E-state index in [4.69, 9.17) is 14.0 Å². The Bertz CT molecular complexity index is 847. The molecule has 0 unspecified atom stereocenters. The number of amides is 2. The molecule has 2 amide bonds. The highest BCUT2D eigenvalue weighted by Crippen LogP contribution is 2.29. The quantitative estimate of drug-likeness (QED) is 0.733. The molecule has 0 radical (unpaired) electrons. The summed E-state index contributed by atoms with van der Waals surface area (Å²) in [6.45, 7) is 2.16. The normalized spacial score (nSPS) is 15.7. The van der Waals surface area contributed by atoms with Crippen LogP contribution in [0.5, 0.6) is 0 Å². The maximum absolute atomic E-state index is 12.5. The van der Waals surface area contributed by atoms with Crippen molar-refractivity contribution in [1.82, 2.24) is 15.4 Å². The molecule has 2 aromatic rings. The van der Waals surface area contributed by atoms with Crippen LogP contribution in [0.15, 0.2) is 34.9 Å². The molecule has 4 rings (SSSR count). The van der Waals surface area contributed by atoms with E-state index >= 15 is 0 Å². The number of nitrogens with one attached hydrogen (secondary N) is 1. The first-order valence-corrected chi connectivity index (χ1v) is 9.95. The Balaban J connectivity index is 1.22. The van der Waals surface area contributed by atoms with Gasteiger partial charge < -0.3 is 24.2 Å². The molecule has 1 saturated carbocycles. The number of aromatic nitrogens is 1. The maximum Gasteiger partial charge on any atom is 0.407 e. The molecule has 0 spiro atoms. The van der Waals surface area contributed by atoms with Crippen molar-refractivity contribution >= 4 is 12.0 Å². The molecule has 29 heavy (non-hydrogen) atoms. The summed E-state index contributed by atoms with van der Waals surface area (Å²) in [5.41, 5.74) is 2.57. The SMILES string of the molecule is O=C(NCC(=O)N1CCc2onc(COCC3CC3)c2C1)OCc1ccccc1. The lowest BCUT2D eigenvalue weighted by Gasteiger charge is -2.26. The van der Waals surface area contributed by atoms with Gasteiger partial charge in [0.05, 0.1) is 13.2 Å². The standard InChI is InChI=1S/C21H25N3O5/c25-20(10-22-21(26)28-13-15-4-2-1-3-5-15)24-9-8-19-17(11-24)18(23-29-19)14-27-12-16-6-7-16/h1-5,16H,6-14H2,(H,22,26). The zero-order valence-corrected chi connectivity index (χ0v) is 16.3. The minimum atomic E-state index is -0.612. The third-order valence-corrected chi connectivity index (χ3v) is 5.15. The Kier molecular flexibility index (Phi) is 6.09. The molecule has 154 valence electrons. The Morgan fingerprint density at radius 3 is 2.83 bits per heavy atom. The van der Waals surface area contributed by atoms with Gasteiger partial charge in [0, 0.05) is 25.1 Å². The first-order valence-electron chi connectivity index (χ1n) is 9.95. The first kappa shape index (κ1) is 19.4. The fourth-order valence-electron chi connectivity index (χ4n) is 3.23. The number of hydrogen-bond donors (Lipinski definition) is 1. The van der Waals surface area contributed by atoms with Crippen LogP contribution < -0.4 is 5.32 Å². The van der Waals surface area contributed by atoms with Crippen molar-refractivity contribution in [3.8, 4) is 0 Å². The summed E-state index contributed by atoms with van der Waals surface area (Å²) in [5, 5.41) is 6.63. The highest BCUT2D eigenvalue weighted by molar-refractivity contribution is 5.82. The summed E-state index contributed by atoms with van der Waals surface area (Å²) in [5.74, 6) is 1.33. The Morgan fingerprint density at radius 1 is 1.21 bits per heavy atom. The smallest absolute Gasteiger partial charge is 0.407 e. The van der Waals surface area contributed by atoms with E-state index in [2.05, 4.69) is 10.5 Å². The fraction of sp³-hybridized carbons (Fsp3) is 0.476. The van der Waals surface area contributed by atoms with Crippen LogP contribution in [0.2, 0.25) is 0 Å². The van der Waals surface area contributed by atoms with Gasteiger partial charge >= 0.3 is 6.09 Å². The van der Waals surface area contributed by atoms with Gasteiger partial charge in [-0.1, -0.05) is 35.5 Å². The fourth-order valence-corrected chi connectivity index (χ4v) is 3.23. The van der Waals surface area contributed by atoms with Crippen molar-refractivity contribution in [1.29, 1.82) is 0 Å². The third kappa shape index (κ3) is 5.35. The van der Waals surface area contributed by atoms with Crippen LogP contribution in [0.4, 0.5) is 4.79 Å². The van der Waals surface area contributed by atoms with Crippen molar-refractivity contribution < 1.29 is 23.6 Å². The van der Waals surface area contributed by atoms with Gasteiger partial charge in [0.1, 0.15) is 24.6 Å². The Hall–Kier alpha value is -2.87. The predicted molar refractivity (Wildman–Crippen MR) is 103 cm³/mol. The Morgan fingerprint density at radius 2 is 2.03 bits per heavy atom. The van der Waals surface area contributed by atoms with Crippen LogP contribution in [0, 0.1) is 5.92 Å². The average molecular weight is 399 g/mol.